The highest BCUT2D eigenvalue weighted by molar-refractivity contribution is 5.90. The summed E-state index contributed by atoms with van der Waals surface area (Å²) in [6.07, 6.45) is 1.39. The van der Waals surface area contributed by atoms with E-state index in [4.69, 9.17) is 9.15 Å². The Kier molecular flexibility index (Phi) is 5.45. The van der Waals surface area contributed by atoms with Crippen LogP contribution in [-0.2, 0) is 22.4 Å². The predicted molar refractivity (Wildman–Crippen MR) is 104 cm³/mol. The Morgan fingerprint density at radius 3 is 2.50 bits per heavy atom. The number of nitrogens with one attached hydrogen (secondary N) is 1. The highest BCUT2D eigenvalue weighted by Crippen LogP contribution is 2.35. The number of carboxylic acid groups (broad SMARTS) is 1. The van der Waals surface area contributed by atoms with E-state index in [2.05, 4.69) is 5.32 Å². The topological polar surface area (TPSA) is 106 Å². The summed E-state index contributed by atoms with van der Waals surface area (Å²) >= 11 is 0. The van der Waals surface area contributed by atoms with Gasteiger partial charge in [0.05, 0.1) is 5.39 Å². The van der Waals surface area contributed by atoms with E-state index in [1.165, 1.54) is 0 Å². The lowest BCUT2D eigenvalue weighted by Crippen LogP contribution is -2.48. The van der Waals surface area contributed by atoms with Gasteiger partial charge in [0.1, 0.15) is 17.4 Å². The summed E-state index contributed by atoms with van der Waals surface area (Å²) in [5, 5.41) is 12.5. The van der Waals surface area contributed by atoms with Gasteiger partial charge in [-0.05, 0) is 62.3 Å². The van der Waals surface area contributed by atoms with Gasteiger partial charge in [0.15, 0.2) is 6.10 Å². The predicted octanol–water partition coefficient (Wildman–Crippen LogP) is 2.58. The largest absolute Gasteiger partial charge is 0.480 e. The van der Waals surface area contributed by atoms with Gasteiger partial charge >= 0.3 is 11.6 Å². The number of amides is 1. The minimum atomic E-state index is -1.09. The second kappa shape index (κ2) is 7.66. The minimum Gasteiger partial charge on any atom is -0.480 e. The molecule has 2 aromatic rings. The maximum absolute atomic E-state index is 12.5. The Balaban J connectivity index is 1.94. The Morgan fingerprint density at radius 2 is 1.86 bits per heavy atom. The van der Waals surface area contributed by atoms with Gasteiger partial charge in [0, 0.05) is 5.56 Å². The molecule has 2 atom stereocenters. The zero-order chi connectivity index (χ0) is 20.6. The van der Waals surface area contributed by atoms with Crippen molar-refractivity contribution in [3.63, 3.8) is 0 Å². The number of hydrogen-bond donors (Lipinski definition) is 2. The molecule has 0 fully saturated rings. The molecule has 1 heterocycles. The summed E-state index contributed by atoms with van der Waals surface area (Å²) in [6, 6.07) is 2.60. The van der Waals surface area contributed by atoms with E-state index in [-0.39, 0.29) is 11.5 Å². The molecule has 1 aliphatic rings. The van der Waals surface area contributed by atoms with E-state index in [9.17, 15) is 19.5 Å². The number of carboxylic acids is 1. The number of benzene rings is 1. The van der Waals surface area contributed by atoms with Crippen molar-refractivity contribution in [3.05, 3.63) is 39.2 Å². The lowest BCUT2D eigenvalue weighted by atomic mass is 10.0. The first-order chi connectivity index (χ1) is 13.2. The van der Waals surface area contributed by atoms with Gasteiger partial charge in [0.2, 0.25) is 0 Å². The van der Waals surface area contributed by atoms with Crippen molar-refractivity contribution >= 4 is 22.8 Å². The summed E-state index contributed by atoms with van der Waals surface area (Å²) in [5.74, 6) is -1.39. The molecule has 28 heavy (non-hydrogen) atoms. The third-order valence-corrected chi connectivity index (χ3v) is 5.08. The van der Waals surface area contributed by atoms with Crippen LogP contribution < -0.4 is 15.7 Å². The highest BCUT2D eigenvalue weighted by Gasteiger charge is 2.28. The van der Waals surface area contributed by atoms with Crippen molar-refractivity contribution in [2.75, 3.05) is 0 Å². The van der Waals surface area contributed by atoms with E-state index < -0.39 is 24.0 Å². The molecule has 150 valence electrons. The fourth-order valence-corrected chi connectivity index (χ4v) is 3.63. The van der Waals surface area contributed by atoms with Crippen LogP contribution in [0.2, 0.25) is 0 Å². The fraction of sp³-hybridized carbons (Fsp3) is 0.476. The number of fused-ring (bicyclic) bond motifs is 3. The molecule has 0 spiro atoms. The molecular weight excluding hydrogens is 362 g/mol. The number of ether oxygens (including phenoxy) is 1. The average Bonchev–Trinajstić information content (AvgIpc) is 3.08. The number of hydrogen-bond acceptors (Lipinski definition) is 5. The van der Waals surface area contributed by atoms with Gasteiger partial charge in [0.25, 0.3) is 5.91 Å². The summed E-state index contributed by atoms with van der Waals surface area (Å²) in [5.41, 5.74) is 2.55. The van der Waals surface area contributed by atoms with E-state index in [0.29, 0.717) is 23.3 Å². The monoisotopic (exact) mass is 387 g/mol. The zero-order valence-corrected chi connectivity index (χ0v) is 16.5. The second-order valence-corrected chi connectivity index (χ2v) is 7.66. The van der Waals surface area contributed by atoms with Gasteiger partial charge in [-0.25, -0.2) is 9.59 Å². The molecule has 1 amide bonds. The van der Waals surface area contributed by atoms with Crippen molar-refractivity contribution in [2.45, 2.75) is 59.1 Å². The van der Waals surface area contributed by atoms with Gasteiger partial charge in [-0.1, -0.05) is 13.8 Å². The minimum absolute atomic E-state index is 0.258. The van der Waals surface area contributed by atoms with E-state index >= 15 is 0 Å². The van der Waals surface area contributed by atoms with E-state index in [1.807, 2.05) is 13.0 Å². The summed E-state index contributed by atoms with van der Waals surface area (Å²) in [4.78, 5) is 36.0. The van der Waals surface area contributed by atoms with E-state index in [0.717, 1.165) is 29.4 Å². The first kappa shape index (κ1) is 19.9. The normalized spacial score (nSPS) is 15.3. The molecule has 0 radical (unpaired) electrons. The molecule has 0 unspecified atom stereocenters. The molecular formula is C21H25NO6. The molecule has 1 aromatic heterocycles. The van der Waals surface area contributed by atoms with Crippen LogP contribution in [0.25, 0.3) is 11.0 Å². The van der Waals surface area contributed by atoms with E-state index in [1.54, 1.807) is 26.8 Å². The number of aliphatic carboxylic acids is 1. The molecule has 7 nitrogen and oxygen atoms in total. The van der Waals surface area contributed by atoms with Crippen LogP contribution in [-0.4, -0.2) is 29.1 Å². The van der Waals surface area contributed by atoms with Crippen LogP contribution in [0.15, 0.2) is 21.3 Å². The lowest BCUT2D eigenvalue weighted by molar-refractivity contribution is -0.144. The first-order valence-electron chi connectivity index (χ1n) is 9.48. The molecule has 2 N–H and O–H groups in total. The number of carbonyl (C=O) groups excluding carboxylic acids is 1. The summed E-state index contributed by atoms with van der Waals surface area (Å²) in [6.45, 7) is 6.87. The van der Waals surface area contributed by atoms with Crippen molar-refractivity contribution in [3.8, 4) is 5.75 Å². The SMILES string of the molecule is Cc1cc(O[C@H](C)C(=O)N[C@H](C(=O)O)C(C)C)c2c3c(c(=O)oc2c1)CCC3. The summed E-state index contributed by atoms with van der Waals surface area (Å²) < 4.78 is 11.4. The highest BCUT2D eigenvalue weighted by atomic mass is 16.5. The number of rotatable bonds is 6. The van der Waals surface area contributed by atoms with Crippen LogP contribution in [0.4, 0.5) is 0 Å². The van der Waals surface area contributed by atoms with Crippen molar-refractivity contribution < 1.29 is 23.8 Å². The standard InChI is InChI=1S/C21H25NO6/c1-10(2)18(20(24)25)22-19(23)12(4)27-15-8-11(3)9-16-17(15)13-6-5-7-14(13)21(26)28-16/h8-10,12,18H,5-7H2,1-4H3,(H,22,23)(H,24,25)/t12-,18+/m1/s1. The third kappa shape index (κ3) is 3.74. The Bertz CT molecular complexity index is 991. The van der Waals surface area contributed by atoms with Gasteiger partial charge in [-0.15, -0.1) is 0 Å². The summed E-state index contributed by atoms with van der Waals surface area (Å²) in [7, 11) is 0. The van der Waals surface area contributed by atoms with Crippen molar-refractivity contribution in [2.24, 2.45) is 5.92 Å². The fourth-order valence-electron chi connectivity index (χ4n) is 3.63. The van der Waals surface area contributed by atoms with Gasteiger partial charge < -0.3 is 19.6 Å². The number of carbonyl (C=O) groups is 2. The Morgan fingerprint density at radius 1 is 1.18 bits per heavy atom. The molecule has 0 bridgehead atoms. The van der Waals surface area contributed by atoms with Crippen LogP contribution >= 0.6 is 0 Å². The quantitative estimate of drug-likeness (QED) is 0.738. The smallest absolute Gasteiger partial charge is 0.339 e. The van der Waals surface area contributed by atoms with Gasteiger partial charge in [-0.3, -0.25) is 4.79 Å². The lowest BCUT2D eigenvalue weighted by Gasteiger charge is -2.22. The van der Waals surface area contributed by atoms with Crippen molar-refractivity contribution in [1.29, 1.82) is 0 Å². The second-order valence-electron chi connectivity index (χ2n) is 7.66. The number of aryl methyl sites for hydroxylation is 2. The Hall–Kier alpha value is -2.83. The average molecular weight is 387 g/mol. The van der Waals surface area contributed by atoms with Gasteiger partial charge in [-0.2, -0.15) is 0 Å². The Labute approximate surface area is 162 Å². The molecule has 1 aliphatic carbocycles. The maximum atomic E-state index is 12.5. The van der Waals surface area contributed by atoms with Crippen molar-refractivity contribution in [1.82, 2.24) is 5.32 Å². The molecule has 1 aromatic carbocycles. The van der Waals surface area contributed by atoms with Crippen LogP contribution in [0.3, 0.4) is 0 Å². The molecule has 7 heteroatoms. The molecule has 0 saturated heterocycles. The third-order valence-electron chi connectivity index (χ3n) is 5.08. The maximum Gasteiger partial charge on any atom is 0.339 e. The van der Waals surface area contributed by atoms with Crippen LogP contribution in [0.5, 0.6) is 5.75 Å². The molecule has 0 saturated carbocycles. The molecule has 0 aliphatic heterocycles. The van der Waals surface area contributed by atoms with Crippen LogP contribution in [0.1, 0.15) is 43.9 Å². The zero-order valence-electron chi connectivity index (χ0n) is 16.5. The van der Waals surface area contributed by atoms with Crippen LogP contribution in [0, 0.1) is 12.8 Å². The molecule has 3 rings (SSSR count). The first-order valence-corrected chi connectivity index (χ1v) is 9.48.